The van der Waals surface area contributed by atoms with Crippen molar-refractivity contribution in [2.75, 3.05) is 0 Å². The molecule has 0 saturated heterocycles. The van der Waals surface area contributed by atoms with Gasteiger partial charge < -0.3 is 14.6 Å². The maximum absolute atomic E-state index is 13.6. The Labute approximate surface area is 417 Å². The van der Waals surface area contributed by atoms with Gasteiger partial charge in [-0.15, -0.1) is 17.5 Å². The van der Waals surface area contributed by atoms with Crippen molar-refractivity contribution < 1.29 is 61.1 Å². The van der Waals surface area contributed by atoms with E-state index in [9.17, 15) is 36.6 Å². The Hall–Kier alpha value is -8.59. The predicted octanol–water partition coefficient (Wildman–Crippen LogP) is 14.9. The standard InChI is InChI=1S/C28H13F6N2O.2C14H9N2O.Ir/c29-27(30,31)21-10-9-18(13-22(21)28(32,33)34)25-19-11-15-5-1-2-6-16(15)12-20(19)26(36-35-25)24-14-17-7-3-4-8-23(17)37-24;2*1-9(17)14-13-7-11-5-3-2-4-10(11)6-12(13)8-15-16-14;/h1-13H;2*1-8,17H;/q3*-1;+3. The predicted molar refractivity (Wildman–Crippen MR) is 261 cm³/mol. The van der Waals surface area contributed by atoms with Crippen molar-refractivity contribution in [1.29, 1.82) is 0 Å². The number of rotatable bonds is 4. The molecule has 9 nitrogen and oxygen atoms in total. The Morgan fingerprint density at radius 1 is 0.458 bits per heavy atom. The Balaban J connectivity index is 0.000000151. The van der Waals surface area contributed by atoms with E-state index in [0.29, 0.717) is 51.0 Å². The second kappa shape index (κ2) is 19.3. The van der Waals surface area contributed by atoms with Crippen LogP contribution in [-0.4, -0.2) is 40.8 Å². The fraction of sp³-hybridized carbons (Fsp3) is 0.0357. The van der Waals surface area contributed by atoms with Crippen LogP contribution in [-0.2, 0) is 32.5 Å². The van der Waals surface area contributed by atoms with Crippen LogP contribution in [0.1, 0.15) is 22.5 Å². The van der Waals surface area contributed by atoms with E-state index in [-0.39, 0.29) is 48.6 Å². The van der Waals surface area contributed by atoms with Gasteiger partial charge in [-0.3, -0.25) is 0 Å². The Kier molecular flexibility index (Phi) is 13.0. The number of nitrogens with zero attached hydrogens (tertiary/aromatic N) is 6. The number of alkyl halides is 6. The summed E-state index contributed by atoms with van der Waals surface area (Å²) in [6.07, 6.45) is -7.07. The zero-order valence-electron chi connectivity index (χ0n) is 36.8. The number of aromatic nitrogens is 6. The monoisotopic (exact) mass is 1140 g/mol. The van der Waals surface area contributed by atoms with Crippen LogP contribution in [0.15, 0.2) is 168 Å². The van der Waals surface area contributed by atoms with Crippen molar-refractivity contribution >= 4 is 87.1 Å². The summed E-state index contributed by atoms with van der Waals surface area (Å²) in [5, 5.41) is 53.6. The van der Waals surface area contributed by atoms with E-state index in [4.69, 9.17) is 17.6 Å². The van der Waals surface area contributed by atoms with Gasteiger partial charge in [0.1, 0.15) is 0 Å². The summed E-state index contributed by atoms with van der Waals surface area (Å²) in [6.45, 7) is 10.8. The van der Waals surface area contributed by atoms with Gasteiger partial charge in [0.15, 0.2) is 0 Å². The summed E-state index contributed by atoms with van der Waals surface area (Å²) < 4.78 is 86.8. The fourth-order valence-electron chi connectivity index (χ4n) is 8.34. The van der Waals surface area contributed by atoms with E-state index >= 15 is 0 Å². The third-order valence-corrected chi connectivity index (χ3v) is 11.7. The van der Waals surface area contributed by atoms with E-state index in [1.165, 1.54) is 0 Å². The van der Waals surface area contributed by atoms with Crippen molar-refractivity contribution in [3.63, 3.8) is 0 Å². The number of aliphatic hydroxyl groups is 2. The maximum atomic E-state index is 13.6. The number of fused-ring (bicyclic) bond motifs is 7. The molecule has 0 atom stereocenters. The van der Waals surface area contributed by atoms with Gasteiger partial charge >= 0.3 is 32.5 Å². The van der Waals surface area contributed by atoms with Gasteiger partial charge in [-0.2, -0.15) is 46.7 Å². The molecule has 354 valence electrons. The van der Waals surface area contributed by atoms with Gasteiger partial charge in [0.2, 0.25) is 0 Å². The molecule has 0 unspecified atom stereocenters. The summed E-state index contributed by atoms with van der Waals surface area (Å²) in [5.41, 5.74) is -2.16. The molecule has 72 heavy (non-hydrogen) atoms. The molecule has 0 saturated carbocycles. The van der Waals surface area contributed by atoms with Crippen LogP contribution < -0.4 is 0 Å². The first kappa shape index (κ1) is 48.4. The number of halogens is 6. The number of furan rings is 1. The second-order valence-electron chi connectivity index (χ2n) is 16.2. The average Bonchev–Trinajstić information content (AvgIpc) is 3.80. The maximum Gasteiger partial charge on any atom is 3.00 e. The summed E-state index contributed by atoms with van der Waals surface area (Å²) in [5.74, 6) is -0.333. The molecule has 0 amide bonds. The first-order valence-electron chi connectivity index (χ1n) is 21.4. The molecule has 0 radical (unpaired) electrons. The quantitative estimate of drug-likeness (QED) is 0.0765. The third-order valence-electron chi connectivity index (χ3n) is 11.7. The molecule has 0 fully saturated rings. The molecule has 0 aliphatic carbocycles. The molecule has 4 heterocycles. The van der Waals surface area contributed by atoms with Crippen molar-refractivity contribution in [2.45, 2.75) is 12.4 Å². The largest absolute Gasteiger partial charge is 3.00 e. The smallest absolute Gasteiger partial charge is 0.544 e. The van der Waals surface area contributed by atoms with Crippen LogP contribution in [0.5, 0.6) is 0 Å². The minimum Gasteiger partial charge on any atom is -0.544 e. The molecule has 16 heteroatoms. The van der Waals surface area contributed by atoms with Crippen LogP contribution in [0.2, 0.25) is 0 Å². The number of para-hydroxylation sites is 1. The average molecular weight is 1140 g/mol. The molecule has 12 rings (SSSR count). The van der Waals surface area contributed by atoms with Gasteiger partial charge in [-0.25, -0.2) is 23.4 Å². The molecule has 0 bridgehead atoms. The summed E-state index contributed by atoms with van der Waals surface area (Å²) in [6, 6.07) is 46.9. The molecule has 12 aromatic rings. The van der Waals surface area contributed by atoms with Crippen molar-refractivity contribution in [3.05, 3.63) is 206 Å². The van der Waals surface area contributed by atoms with E-state index in [0.717, 1.165) is 59.9 Å². The first-order valence-corrected chi connectivity index (χ1v) is 21.4. The van der Waals surface area contributed by atoms with Crippen LogP contribution in [0.4, 0.5) is 26.3 Å². The summed E-state index contributed by atoms with van der Waals surface area (Å²) in [7, 11) is 0. The zero-order valence-corrected chi connectivity index (χ0v) is 39.2. The first-order chi connectivity index (χ1) is 34.1. The van der Waals surface area contributed by atoms with E-state index in [2.05, 4.69) is 36.7 Å². The second-order valence-corrected chi connectivity index (χ2v) is 16.2. The Bertz CT molecular complexity index is 3920. The van der Waals surface area contributed by atoms with Crippen LogP contribution in [0.3, 0.4) is 0 Å². The van der Waals surface area contributed by atoms with Gasteiger partial charge in [0.05, 0.1) is 40.7 Å². The summed E-state index contributed by atoms with van der Waals surface area (Å²) in [4.78, 5) is 0. The van der Waals surface area contributed by atoms with Gasteiger partial charge in [0.25, 0.3) is 0 Å². The van der Waals surface area contributed by atoms with Crippen LogP contribution in [0.25, 0.3) is 110 Å². The number of hydrogen-bond donors (Lipinski definition) is 2. The van der Waals surface area contributed by atoms with Crippen molar-refractivity contribution in [3.8, 4) is 22.7 Å². The molecule has 2 N–H and O–H groups in total. The third kappa shape index (κ3) is 9.52. The van der Waals surface area contributed by atoms with Crippen molar-refractivity contribution in [2.24, 2.45) is 0 Å². The minimum atomic E-state index is -5.22. The fourth-order valence-corrected chi connectivity index (χ4v) is 8.34. The molecule has 4 aromatic heterocycles. The van der Waals surface area contributed by atoms with Gasteiger partial charge in [0, 0.05) is 16.5 Å². The van der Waals surface area contributed by atoms with Crippen LogP contribution in [0, 0.1) is 19.2 Å². The molecule has 8 aromatic carbocycles. The van der Waals surface area contributed by atoms with Crippen LogP contribution >= 0.6 is 0 Å². The van der Waals surface area contributed by atoms with E-state index < -0.39 is 23.5 Å². The molecule has 0 aliphatic heterocycles. The van der Waals surface area contributed by atoms with Gasteiger partial charge in [-0.1, -0.05) is 126 Å². The molecular weight excluding hydrogens is 1110 g/mol. The Morgan fingerprint density at radius 3 is 1.33 bits per heavy atom. The normalized spacial score (nSPS) is 11.6. The molecule has 0 aliphatic rings. The van der Waals surface area contributed by atoms with Gasteiger partial charge in [-0.05, 0) is 102 Å². The summed E-state index contributed by atoms with van der Waals surface area (Å²) >= 11 is 0. The molecular formula is C56H31F6IrN6O3. The zero-order chi connectivity index (χ0) is 49.6. The SMILES string of the molecule is FC(F)(F)c1ccc(-c2nnc(-c3[c-]c4ccccc4o3)c3cc4ccccc4cc23)cc1C(F)(F)F.[CH-]=C(O)c1nncc2cc3ccccc3cc12.[CH-]=C(O)c1nncc2cc3ccccc3cc12.[Ir+3]. The number of hydrogen-bond acceptors (Lipinski definition) is 9. The van der Waals surface area contributed by atoms with Crippen molar-refractivity contribution in [1.82, 2.24) is 30.6 Å². The number of aliphatic hydroxyl groups excluding tert-OH is 2. The van der Waals surface area contributed by atoms with E-state index in [1.807, 2.05) is 103 Å². The minimum absolute atomic E-state index is 0. The molecule has 0 spiro atoms. The van der Waals surface area contributed by atoms with E-state index in [1.54, 1.807) is 42.7 Å². The topological polar surface area (TPSA) is 131 Å². The Morgan fingerprint density at radius 2 is 0.875 bits per heavy atom. The number of benzene rings is 8.